The summed E-state index contributed by atoms with van der Waals surface area (Å²) in [6, 6.07) is -8.23. The number of likely N-dealkylation sites (N-methyl/N-ethyl adjacent to an activating group) is 2. The van der Waals surface area contributed by atoms with Gasteiger partial charge >= 0.3 is 36.1 Å². The molecule has 0 aliphatic carbocycles. The van der Waals surface area contributed by atoms with Crippen molar-refractivity contribution in [3.8, 4) is 0 Å². The second-order valence-electron chi connectivity index (χ2n) is 11.6. The first kappa shape index (κ1) is 47.1. The molecule has 0 saturated heterocycles. The molecule has 308 valence electrons. The van der Waals surface area contributed by atoms with Gasteiger partial charge in [0.2, 0.25) is 17.6 Å². The first-order chi connectivity index (χ1) is 25.0. The molecule has 29 heteroatoms. The van der Waals surface area contributed by atoms with E-state index in [2.05, 4.69) is 4.74 Å². The highest BCUT2D eigenvalue weighted by Crippen LogP contribution is 2.38. The molecule has 0 radical (unpaired) electrons. The maximum absolute atomic E-state index is 13.7. The van der Waals surface area contributed by atoms with Crippen LogP contribution in [0, 0.1) is 0 Å². The zero-order chi connectivity index (χ0) is 43.0. The normalized spacial score (nSPS) is 17.8. The number of sulfone groups is 2. The Hall–Kier alpha value is -5.94. The Morgan fingerprint density at radius 2 is 1.11 bits per heavy atom. The molecule has 12 N–H and O–H groups in total. The zero-order valence-electron chi connectivity index (χ0n) is 28.4. The van der Waals surface area contributed by atoms with E-state index < -0.39 is 163 Å². The Morgan fingerprint density at radius 1 is 0.727 bits per heavy atom. The third-order valence-electron chi connectivity index (χ3n) is 7.43. The summed E-state index contributed by atoms with van der Waals surface area (Å²) >= 11 is 0. The molecule has 0 saturated carbocycles. The van der Waals surface area contributed by atoms with Gasteiger partial charge < -0.3 is 57.5 Å². The number of aliphatic carboxylic acids is 3. The maximum atomic E-state index is 13.7. The number of rotatable bonds is 20. The Labute approximate surface area is 308 Å². The molecule has 5 atom stereocenters. The highest BCUT2D eigenvalue weighted by molar-refractivity contribution is 7.95. The van der Waals surface area contributed by atoms with E-state index in [0.29, 0.717) is 14.1 Å². The molecule has 5 unspecified atom stereocenters. The summed E-state index contributed by atoms with van der Waals surface area (Å²) < 4.78 is 59.0. The van der Waals surface area contributed by atoms with E-state index in [1.807, 2.05) is 0 Å². The average molecular weight is 833 g/mol. The van der Waals surface area contributed by atoms with Crippen LogP contribution in [0.4, 0.5) is 9.59 Å². The van der Waals surface area contributed by atoms with E-state index in [9.17, 15) is 85.2 Å². The van der Waals surface area contributed by atoms with Crippen LogP contribution >= 0.6 is 0 Å². The third-order valence-corrected chi connectivity index (χ3v) is 11.0. The van der Waals surface area contributed by atoms with Crippen molar-refractivity contribution < 1.29 is 100 Å². The van der Waals surface area contributed by atoms with E-state index in [4.69, 9.17) is 21.7 Å². The van der Waals surface area contributed by atoms with E-state index in [0.717, 1.165) is 0 Å². The number of carbonyl (C=O) groups excluding carboxylic acids is 5. The lowest BCUT2D eigenvalue weighted by Crippen LogP contribution is -2.56. The molecule has 1 rings (SSSR count). The molecule has 1 aliphatic rings. The molecule has 0 bridgehead atoms. The fourth-order valence-electron chi connectivity index (χ4n) is 4.52. The Morgan fingerprint density at radius 3 is 1.45 bits per heavy atom. The predicted molar refractivity (Wildman–Crippen MR) is 174 cm³/mol. The van der Waals surface area contributed by atoms with Crippen LogP contribution in [0.3, 0.4) is 0 Å². The van der Waals surface area contributed by atoms with Crippen molar-refractivity contribution >= 4 is 79.4 Å². The van der Waals surface area contributed by atoms with E-state index in [-0.39, 0.29) is 9.80 Å². The molecular weight excluding hydrogens is 796 g/mol. The number of nitrogens with two attached hydrogens (primary N) is 2. The van der Waals surface area contributed by atoms with Crippen LogP contribution in [0.15, 0.2) is 10.7 Å². The van der Waals surface area contributed by atoms with Gasteiger partial charge in [-0.05, 0) is 12.8 Å². The van der Waals surface area contributed by atoms with Crippen LogP contribution in [0.2, 0.25) is 0 Å². The second-order valence-corrected chi connectivity index (χ2v) is 15.7. The number of nitrogens with zero attached hydrogens (tertiary/aromatic N) is 2. The number of ether oxygens (including phenoxy) is 1. The monoisotopic (exact) mass is 832 g/mol. The predicted octanol–water partition coefficient (Wildman–Crippen LogP) is -5.41. The first-order valence-electron chi connectivity index (χ1n) is 14.9. The molecule has 0 aromatic carbocycles. The van der Waals surface area contributed by atoms with Crippen molar-refractivity contribution in [2.24, 2.45) is 11.5 Å². The average Bonchev–Trinajstić information content (AvgIpc) is 3.32. The Bertz CT molecular complexity index is 1900. The number of carbonyl (C=O) groups is 10. The van der Waals surface area contributed by atoms with Crippen LogP contribution < -0.4 is 22.1 Å². The van der Waals surface area contributed by atoms with Gasteiger partial charge in [-0.1, -0.05) is 0 Å². The maximum Gasteiger partial charge on any atom is 0.413 e. The lowest BCUT2D eigenvalue weighted by Gasteiger charge is -2.28. The Balaban J connectivity index is 3.71. The zero-order valence-corrected chi connectivity index (χ0v) is 30.1. The fourth-order valence-corrected chi connectivity index (χ4v) is 8.32. The van der Waals surface area contributed by atoms with Gasteiger partial charge in [-0.25, -0.2) is 45.8 Å². The molecule has 27 nitrogen and oxygen atoms in total. The van der Waals surface area contributed by atoms with E-state index >= 15 is 0 Å². The van der Waals surface area contributed by atoms with Crippen molar-refractivity contribution in [2.45, 2.75) is 55.5 Å². The van der Waals surface area contributed by atoms with Crippen molar-refractivity contribution in [2.75, 3.05) is 31.4 Å². The molecule has 1 aliphatic heterocycles. The third kappa shape index (κ3) is 12.3. The van der Waals surface area contributed by atoms with E-state index in [1.165, 1.54) is 0 Å². The van der Waals surface area contributed by atoms with Crippen LogP contribution in [0.1, 0.15) is 25.7 Å². The quantitative estimate of drug-likeness (QED) is 0.0512. The first-order valence-corrected chi connectivity index (χ1v) is 18.4. The number of carboxylic acids is 3. The SMILES string of the molecule is CN(C(=O)O)C(=O)C(CS(=O)(=O)CC1(C(=O)O)OC(=O)C(O)=C1S(=O)(=O)CC(NC(=O)CCC(N)C(=O)O)C(=O)N(C)C(=O)O)NC(=O)CCC(N)C(=O)O. The molecule has 55 heavy (non-hydrogen) atoms. The van der Waals surface area contributed by atoms with Gasteiger partial charge in [-0.3, -0.25) is 28.8 Å². The number of esters is 1. The largest absolute Gasteiger partial charge is 0.501 e. The minimum absolute atomic E-state index is 0.122. The lowest BCUT2D eigenvalue weighted by molar-refractivity contribution is -0.165. The van der Waals surface area contributed by atoms with Gasteiger partial charge in [0.1, 0.15) is 34.8 Å². The van der Waals surface area contributed by atoms with Gasteiger partial charge in [0.15, 0.2) is 19.7 Å². The highest BCUT2D eigenvalue weighted by atomic mass is 32.2. The summed E-state index contributed by atoms with van der Waals surface area (Å²) in [5.74, 6) is -21.9. The van der Waals surface area contributed by atoms with Crippen molar-refractivity contribution in [1.29, 1.82) is 0 Å². The number of amides is 6. The number of aliphatic hydroxyl groups is 1. The number of imide groups is 2. The highest BCUT2D eigenvalue weighted by Gasteiger charge is 2.62. The molecular formula is C26H36N6O21S2. The summed E-state index contributed by atoms with van der Waals surface area (Å²) in [5.41, 5.74) is 6.62. The summed E-state index contributed by atoms with van der Waals surface area (Å²) in [5, 5.41) is 60.4. The van der Waals surface area contributed by atoms with Crippen molar-refractivity contribution in [3.05, 3.63) is 10.7 Å². The smallest absolute Gasteiger partial charge is 0.413 e. The lowest BCUT2D eigenvalue weighted by atomic mass is 10.1. The van der Waals surface area contributed by atoms with Crippen molar-refractivity contribution in [1.82, 2.24) is 20.4 Å². The number of hydrogen-bond acceptors (Lipinski definition) is 18. The molecule has 0 spiro atoms. The van der Waals surface area contributed by atoms with Crippen LogP contribution in [0.25, 0.3) is 0 Å². The molecule has 0 aromatic rings. The van der Waals surface area contributed by atoms with Crippen LogP contribution in [0.5, 0.6) is 0 Å². The van der Waals surface area contributed by atoms with E-state index in [1.54, 1.807) is 10.6 Å². The van der Waals surface area contributed by atoms with Crippen LogP contribution in [-0.4, -0.2) is 178 Å². The van der Waals surface area contributed by atoms with Gasteiger partial charge in [0, 0.05) is 26.9 Å². The second kappa shape index (κ2) is 18.4. The fraction of sp³-hybridized carbons (Fsp3) is 0.538. The number of nitrogens with one attached hydrogen (secondary N) is 2. The standard InChI is InChI=1S/C26H36N6O21S2/c1-31(24(45)46)18(36)12(29-14(33)5-3-10(27)20(38)39)7-54(49,50)9-26(23(43)44)17(16(35)22(42)53-26)55(51,52)8-13(19(37)32(2)25(47)48)30-15(34)6-4-11(28)21(40)41/h10-13,35H,3-9,27-28H2,1-2H3,(H,29,33)(H,30,34)(H,38,39)(H,40,41)(H,43,44)(H,45,46)(H,47,48). The summed E-state index contributed by atoms with van der Waals surface area (Å²) in [6.07, 6.45) is -6.84. The molecule has 0 fully saturated rings. The number of carboxylic acid groups (broad SMARTS) is 5. The number of aliphatic hydroxyl groups excluding tert-OH is 1. The summed E-state index contributed by atoms with van der Waals surface area (Å²) in [7, 11) is -10.1. The van der Waals surface area contributed by atoms with Gasteiger partial charge in [0.25, 0.3) is 17.4 Å². The topological polar surface area (TPSA) is 452 Å². The minimum atomic E-state index is -5.79. The van der Waals surface area contributed by atoms with Gasteiger partial charge in [-0.15, -0.1) is 0 Å². The molecule has 6 amide bonds. The number of cyclic esters (lactones) is 1. The number of hydrogen-bond donors (Lipinski definition) is 10. The molecule has 1 heterocycles. The summed E-state index contributed by atoms with van der Waals surface area (Å²) in [6.45, 7) is 0. The Kier molecular flexibility index (Phi) is 15.7. The van der Waals surface area contributed by atoms with Gasteiger partial charge in [0.05, 0.1) is 11.5 Å². The minimum Gasteiger partial charge on any atom is -0.501 e. The summed E-state index contributed by atoms with van der Waals surface area (Å²) in [4.78, 5) is 118. The van der Waals surface area contributed by atoms with Crippen molar-refractivity contribution in [3.63, 3.8) is 0 Å². The van der Waals surface area contributed by atoms with Gasteiger partial charge in [-0.2, -0.15) is 0 Å². The molecule has 0 aromatic heterocycles. The van der Waals surface area contributed by atoms with Crippen LogP contribution in [-0.2, 0) is 62.8 Å².